The lowest BCUT2D eigenvalue weighted by Crippen LogP contribution is -1.92. The highest BCUT2D eigenvalue weighted by Gasteiger charge is 1.99. The predicted octanol–water partition coefficient (Wildman–Crippen LogP) is 4.41. The van der Waals surface area contributed by atoms with Crippen LogP contribution < -0.4 is 5.43 Å². The Morgan fingerprint density at radius 1 is 0.808 bits per heavy atom. The van der Waals surface area contributed by atoms with Crippen molar-refractivity contribution < 1.29 is 0 Å². The monoisotopic (exact) mass is 336 g/mol. The van der Waals surface area contributed by atoms with E-state index in [1.807, 2.05) is 78.9 Å². The molecule has 0 bridgehead atoms. The van der Waals surface area contributed by atoms with E-state index in [1.165, 1.54) is 0 Å². The number of rotatable bonds is 3. The number of fused-ring (bicyclic) bond motifs is 1. The topological polar surface area (TPSA) is 53.1 Å². The zero-order valence-corrected chi connectivity index (χ0v) is 14.0. The summed E-state index contributed by atoms with van der Waals surface area (Å²) in [6, 6.07) is 25.7. The van der Waals surface area contributed by atoms with Crippen LogP contribution in [-0.4, -0.2) is 16.2 Å². The van der Waals surface area contributed by atoms with Gasteiger partial charge in [-0.25, -0.2) is 10.4 Å². The van der Waals surface area contributed by atoms with Crippen LogP contribution in [-0.2, 0) is 0 Å². The van der Waals surface area contributed by atoms with Crippen molar-refractivity contribution in [3.05, 3.63) is 95.6 Å². The van der Waals surface area contributed by atoms with Crippen LogP contribution >= 0.6 is 0 Å². The maximum Gasteiger partial charge on any atom is 0.222 e. The minimum atomic E-state index is 0.618. The number of hydrogen-bond donors (Lipinski definition) is 2. The van der Waals surface area contributed by atoms with Crippen molar-refractivity contribution >= 4 is 23.2 Å². The van der Waals surface area contributed by atoms with E-state index in [1.54, 1.807) is 6.21 Å². The van der Waals surface area contributed by atoms with Gasteiger partial charge in [-0.05, 0) is 42.0 Å². The normalized spacial score (nSPS) is 10.6. The summed E-state index contributed by atoms with van der Waals surface area (Å²) >= 11 is 0. The number of para-hydroxylation sites is 2. The molecule has 124 valence electrons. The molecule has 0 unspecified atom stereocenters. The number of imidazole rings is 1. The SMILES string of the molecule is C(#Cc1ccc(/C=N/Nc2nc3ccccc3[nH]2)cc1)c1ccccc1. The van der Waals surface area contributed by atoms with E-state index in [0.717, 1.165) is 27.7 Å². The zero-order chi connectivity index (χ0) is 17.6. The van der Waals surface area contributed by atoms with Gasteiger partial charge in [-0.15, -0.1) is 0 Å². The van der Waals surface area contributed by atoms with Crippen LogP contribution in [0.1, 0.15) is 16.7 Å². The summed E-state index contributed by atoms with van der Waals surface area (Å²) in [5, 5.41) is 4.23. The minimum absolute atomic E-state index is 0.618. The average molecular weight is 336 g/mol. The number of aromatic amines is 1. The lowest BCUT2D eigenvalue weighted by molar-refractivity contribution is 1.21. The van der Waals surface area contributed by atoms with E-state index >= 15 is 0 Å². The van der Waals surface area contributed by atoms with Crippen LogP contribution in [0, 0.1) is 11.8 Å². The molecule has 4 nitrogen and oxygen atoms in total. The van der Waals surface area contributed by atoms with E-state index in [2.05, 4.69) is 32.3 Å². The summed E-state index contributed by atoms with van der Waals surface area (Å²) in [6.45, 7) is 0. The summed E-state index contributed by atoms with van der Waals surface area (Å²) in [5.41, 5.74) is 7.77. The molecule has 1 aromatic heterocycles. The molecule has 0 aliphatic heterocycles. The standard InChI is InChI=1S/C22H16N4/c1-2-6-17(7-3-1)10-11-18-12-14-19(15-13-18)16-23-26-22-24-20-8-4-5-9-21(20)25-22/h1-9,12-16H,(H2,24,25,26)/b23-16+. The molecule has 0 saturated heterocycles. The van der Waals surface area contributed by atoms with Gasteiger partial charge in [0, 0.05) is 11.1 Å². The number of benzene rings is 3. The largest absolute Gasteiger partial charge is 0.323 e. The third-order valence-corrected chi connectivity index (χ3v) is 3.81. The van der Waals surface area contributed by atoms with Crippen LogP contribution in [0.25, 0.3) is 11.0 Å². The van der Waals surface area contributed by atoms with Gasteiger partial charge in [-0.2, -0.15) is 5.10 Å². The third-order valence-electron chi connectivity index (χ3n) is 3.81. The first-order valence-electron chi connectivity index (χ1n) is 8.28. The van der Waals surface area contributed by atoms with Gasteiger partial charge in [-0.3, -0.25) is 0 Å². The van der Waals surface area contributed by atoms with Crippen molar-refractivity contribution in [3.8, 4) is 11.8 Å². The van der Waals surface area contributed by atoms with Gasteiger partial charge in [0.2, 0.25) is 5.95 Å². The maximum atomic E-state index is 4.41. The maximum absolute atomic E-state index is 4.41. The van der Waals surface area contributed by atoms with E-state index in [4.69, 9.17) is 0 Å². The number of H-pyrrole nitrogens is 1. The molecule has 0 radical (unpaired) electrons. The molecule has 4 rings (SSSR count). The lowest BCUT2D eigenvalue weighted by atomic mass is 10.1. The van der Waals surface area contributed by atoms with E-state index in [0.29, 0.717) is 5.95 Å². The van der Waals surface area contributed by atoms with Crippen molar-refractivity contribution in [3.63, 3.8) is 0 Å². The molecule has 26 heavy (non-hydrogen) atoms. The fourth-order valence-electron chi connectivity index (χ4n) is 2.49. The van der Waals surface area contributed by atoms with Crippen molar-refractivity contribution in [1.29, 1.82) is 0 Å². The Balaban J connectivity index is 1.41. The second-order valence-electron chi connectivity index (χ2n) is 5.71. The molecule has 0 spiro atoms. The van der Waals surface area contributed by atoms with Gasteiger partial charge in [0.15, 0.2) is 0 Å². The third kappa shape index (κ3) is 3.80. The van der Waals surface area contributed by atoms with E-state index in [9.17, 15) is 0 Å². The lowest BCUT2D eigenvalue weighted by Gasteiger charge is -1.95. The smallest absolute Gasteiger partial charge is 0.222 e. The highest BCUT2D eigenvalue weighted by Crippen LogP contribution is 2.13. The Morgan fingerprint density at radius 2 is 1.50 bits per heavy atom. The Morgan fingerprint density at radius 3 is 2.27 bits per heavy atom. The van der Waals surface area contributed by atoms with Crippen molar-refractivity contribution in [2.45, 2.75) is 0 Å². The Bertz CT molecular complexity index is 1060. The highest BCUT2D eigenvalue weighted by atomic mass is 15.3. The second kappa shape index (κ2) is 7.37. The molecule has 4 heteroatoms. The van der Waals surface area contributed by atoms with Crippen LogP contribution in [0.15, 0.2) is 84.0 Å². The molecular formula is C22H16N4. The predicted molar refractivity (Wildman–Crippen MR) is 106 cm³/mol. The van der Waals surface area contributed by atoms with Crippen molar-refractivity contribution in [2.24, 2.45) is 5.10 Å². The molecule has 4 aromatic rings. The molecule has 2 N–H and O–H groups in total. The van der Waals surface area contributed by atoms with Gasteiger partial charge in [0.05, 0.1) is 17.2 Å². The number of nitrogens with zero attached hydrogens (tertiary/aromatic N) is 2. The summed E-state index contributed by atoms with van der Waals surface area (Å²) in [5.74, 6) is 6.93. The van der Waals surface area contributed by atoms with Crippen LogP contribution in [0.2, 0.25) is 0 Å². The van der Waals surface area contributed by atoms with Gasteiger partial charge >= 0.3 is 0 Å². The number of hydrazone groups is 1. The molecule has 3 aromatic carbocycles. The van der Waals surface area contributed by atoms with Crippen molar-refractivity contribution in [2.75, 3.05) is 5.43 Å². The summed E-state index contributed by atoms with van der Waals surface area (Å²) in [7, 11) is 0. The molecular weight excluding hydrogens is 320 g/mol. The first-order valence-corrected chi connectivity index (χ1v) is 8.28. The summed E-state index contributed by atoms with van der Waals surface area (Å²) < 4.78 is 0. The molecule has 0 atom stereocenters. The van der Waals surface area contributed by atoms with Crippen molar-refractivity contribution in [1.82, 2.24) is 9.97 Å². The summed E-state index contributed by atoms with van der Waals surface area (Å²) in [6.07, 6.45) is 1.75. The van der Waals surface area contributed by atoms with Crippen LogP contribution in [0.4, 0.5) is 5.95 Å². The fourth-order valence-corrected chi connectivity index (χ4v) is 2.49. The minimum Gasteiger partial charge on any atom is -0.323 e. The molecule has 0 amide bonds. The first kappa shape index (κ1) is 15.7. The number of anilines is 1. The van der Waals surface area contributed by atoms with Gasteiger partial charge in [0.25, 0.3) is 0 Å². The Kier molecular flexibility index (Phi) is 4.44. The van der Waals surface area contributed by atoms with Gasteiger partial charge < -0.3 is 4.98 Å². The zero-order valence-electron chi connectivity index (χ0n) is 14.0. The number of aromatic nitrogens is 2. The van der Waals surface area contributed by atoms with E-state index < -0.39 is 0 Å². The quantitative estimate of drug-likeness (QED) is 0.331. The molecule has 0 aliphatic carbocycles. The second-order valence-corrected chi connectivity index (χ2v) is 5.71. The highest BCUT2D eigenvalue weighted by molar-refractivity contribution is 5.81. The fraction of sp³-hybridized carbons (Fsp3) is 0. The molecule has 0 fully saturated rings. The summed E-state index contributed by atoms with van der Waals surface area (Å²) in [4.78, 5) is 7.58. The number of nitrogens with one attached hydrogen (secondary N) is 2. The van der Waals surface area contributed by atoms with Crippen LogP contribution in [0.3, 0.4) is 0 Å². The Labute approximate surface area is 151 Å². The first-order chi connectivity index (χ1) is 12.9. The molecule has 0 aliphatic rings. The van der Waals surface area contributed by atoms with Gasteiger partial charge in [0.1, 0.15) is 0 Å². The average Bonchev–Trinajstić information content (AvgIpc) is 3.11. The van der Waals surface area contributed by atoms with Gasteiger partial charge in [-0.1, -0.05) is 54.3 Å². The van der Waals surface area contributed by atoms with E-state index in [-0.39, 0.29) is 0 Å². The number of hydrogen-bond acceptors (Lipinski definition) is 3. The molecule has 1 heterocycles. The van der Waals surface area contributed by atoms with Crippen LogP contribution in [0.5, 0.6) is 0 Å². The molecule has 0 saturated carbocycles. The Hall–Kier alpha value is -3.84.